The molecule has 0 spiro atoms. The molecule has 0 aromatic heterocycles. The van der Waals surface area contributed by atoms with E-state index in [1.165, 1.54) is 12.1 Å². The smallest absolute Gasteiger partial charge is 0.347 e. The van der Waals surface area contributed by atoms with E-state index in [9.17, 15) is 18.0 Å². The quantitative estimate of drug-likeness (QED) is 0.643. The van der Waals surface area contributed by atoms with Crippen LogP contribution >= 0.6 is 31.9 Å². The summed E-state index contributed by atoms with van der Waals surface area (Å²) in [6.45, 7) is 3.70. The third kappa shape index (κ3) is 4.98. The van der Waals surface area contributed by atoms with Crippen molar-refractivity contribution in [2.24, 2.45) is 0 Å². The summed E-state index contributed by atoms with van der Waals surface area (Å²) in [6, 6.07) is 3.53. The van der Waals surface area contributed by atoms with Gasteiger partial charge in [-0.15, -0.1) is 0 Å². The first kappa shape index (κ1) is 18.5. The minimum absolute atomic E-state index is 0.282. The van der Waals surface area contributed by atoms with Gasteiger partial charge in [-0.25, -0.2) is 0 Å². The van der Waals surface area contributed by atoms with Gasteiger partial charge in [0.1, 0.15) is 0 Å². The number of hydrogen-bond acceptors (Lipinski definition) is 1. The summed E-state index contributed by atoms with van der Waals surface area (Å²) in [5.74, 6) is -0.708. The molecular formula is C14H16Br2F3NO. The average Bonchev–Trinajstić information content (AvgIpc) is 2.37. The molecule has 1 atom stereocenters. The van der Waals surface area contributed by atoms with Crippen molar-refractivity contribution in [3.63, 3.8) is 0 Å². The van der Waals surface area contributed by atoms with Gasteiger partial charge in [-0.05, 0) is 38.0 Å². The number of carbonyl (C=O) groups excluding carboxylic acids is 1. The second-order valence-electron chi connectivity index (χ2n) is 4.99. The number of rotatable bonds is 5. The van der Waals surface area contributed by atoms with Crippen LogP contribution in [0.3, 0.4) is 0 Å². The van der Waals surface area contributed by atoms with Crippen LogP contribution in [0, 0.1) is 0 Å². The molecule has 0 aliphatic carbocycles. The summed E-state index contributed by atoms with van der Waals surface area (Å²) in [6.07, 6.45) is -3.32. The number of carbonyl (C=O) groups is 1. The van der Waals surface area contributed by atoms with Crippen molar-refractivity contribution in [1.29, 1.82) is 0 Å². The number of nitrogens with one attached hydrogen (secondary N) is 1. The third-order valence-electron chi connectivity index (χ3n) is 3.37. The van der Waals surface area contributed by atoms with E-state index in [1.807, 2.05) is 13.8 Å². The predicted octanol–water partition coefficient (Wildman–Crippen LogP) is 5.15. The molecule has 0 fully saturated rings. The predicted molar refractivity (Wildman–Crippen MR) is 83.7 cm³/mol. The van der Waals surface area contributed by atoms with E-state index in [1.54, 1.807) is 0 Å². The highest BCUT2D eigenvalue weighted by Gasteiger charge is 2.36. The minimum Gasteiger partial charge on any atom is -0.347 e. The van der Waals surface area contributed by atoms with Crippen molar-refractivity contribution in [2.45, 2.75) is 38.4 Å². The van der Waals surface area contributed by atoms with Gasteiger partial charge in [0.25, 0.3) is 5.91 Å². The Morgan fingerprint density at radius 1 is 1.33 bits per heavy atom. The Morgan fingerprint density at radius 3 is 2.43 bits per heavy atom. The second-order valence-corrected chi connectivity index (χ2v) is 6.70. The lowest BCUT2D eigenvalue weighted by atomic mass is 9.94. The lowest BCUT2D eigenvalue weighted by molar-refractivity contribution is -0.138. The molecule has 0 bridgehead atoms. The molecule has 0 radical (unpaired) electrons. The van der Waals surface area contributed by atoms with Gasteiger partial charge in [0.15, 0.2) is 0 Å². The topological polar surface area (TPSA) is 29.1 Å². The van der Waals surface area contributed by atoms with E-state index >= 15 is 0 Å². The van der Waals surface area contributed by atoms with Crippen LogP contribution in [0.5, 0.6) is 0 Å². The zero-order chi connectivity index (χ0) is 16.3. The van der Waals surface area contributed by atoms with Gasteiger partial charge in [-0.2, -0.15) is 13.2 Å². The van der Waals surface area contributed by atoms with Crippen LogP contribution in [0.15, 0.2) is 22.7 Å². The van der Waals surface area contributed by atoms with E-state index in [2.05, 4.69) is 37.2 Å². The number of benzene rings is 1. The standard InChI is InChI=1S/C14H16Br2F3NO/c1-3-13(2,6-7-15)20-12(21)10-5-4-9(16)8-11(10)14(17,18)19/h4-5,8H,3,6-7H2,1-2H3,(H,20,21). The highest BCUT2D eigenvalue weighted by molar-refractivity contribution is 9.10. The molecule has 1 amide bonds. The highest BCUT2D eigenvalue weighted by Crippen LogP contribution is 2.34. The normalized spacial score (nSPS) is 14.6. The van der Waals surface area contributed by atoms with Gasteiger partial charge in [-0.3, -0.25) is 4.79 Å². The van der Waals surface area contributed by atoms with Crippen molar-refractivity contribution in [3.8, 4) is 0 Å². The van der Waals surface area contributed by atoms with Crippen LogP contribution in [-0.4, -0.2) is 16.8 Å². The molecule has 7 heteroatoms. The van der Waals surface area contributed by atoms with E-state index in [0.29, 0.717) is 18.2 Å². The van der Waals surface area contributed by atoms with Crippen LogP contribution < -0.4 is 5.32 Å². The molecule has 1 N–H and O–H groups in total. The van der Waals surface area contributed by atoms with Crippen molar-refractivity contribution in [2.75, 3.05) is 5.33 Å². The average molecular weight is 431 g/mol. The summed E-state index contributed by atoms with van der Waals surface area (Å²) in [7, 11) is 0. The first-order chi connectivity index (χ1) is 9.63. The van der Waals surface area contributed by atoms with Gasteiger partial charge < -0.3 is 5.32 Å². The van der Waals surface area contributed by atoms with Crippen LogP contribution in [0.2, 0.25) is 0 Å². The Kier molecular flexibility index (Phi) is 6.28. The largest absolute Gasteiger partial charge is 0.417 e. The highest BCUT2D eigenvalue weighted by atomic mass is 79.9. The maximum absolute atomic E-state index is 13.0. The SMILES string of the molecule is CCC(C)(CCBr)NC(=O)c1ccc(Br)cc1C(F)(F)F. The first-order valence-corrected chi connectivity index (χ1v) is 8.29. The molecule has 2 nitrogen and oxygen atoms in total. The molecule has 21 heavy (non-hydrogen) atoms. The molecule has 1 unspecified atom stereocenters. The number of alkyl halides is 4. The zero-order valence-corrected chi connectivity index (χ0v) is 14.8. The van der Waals surface area contributed by atoms with Gasteiger partial charge in [0, 0.05) is 15.3 Å². The summed E-state index contributed by atoms with van der Waals surface area (Å²) in [4.78, 5) is 12.2. The number of hydrogen-bond donors (Lipinski definition) is 1. The Bertz CT molecular complexity index is 519. The molecule has 0 aliphatic rings. The van der Waals surface area contributed by atoms with Gasteiger partial charge >= 0.3 is 6.18 Å². The maximum atomic E-state index is 13.0. The van der Waals surface area contributed by atoms with Gasteiger partial charge in [0.2, 0.25) is 0 Å². The van der Waals surface area contributed by atoms with Crippen molar-refractivity contribution in [3.05, 3.63) is 33.8 Å². The Labute approximate surface area is 138 Å². The molecule has 1 aromatic rings. The van der Waals surface area contributed by atoms with E-state index < -0.39 is 23.2 Å². The van der Waals surface area contributed by atoms with Crippen LogP contribution in [0.4, 0.5) is 13.2 Å². The fourth-order valence-electron chi connectivity index (χ4n) is 1.83. The molecule has 0 aliphatic heterocycles. The van der Waals surface area contributed by atoms with E-state index in [0.717, 1.165) is 6.07 Å². The molecule has 0 saturated heterocycles. The lowest BCUT2D eigenvalue weighted by Gasteiger charge is -2.29. The van der Waals surface area contributed by atoms with Crippen LogP contribution in [-0.2, 0) is 6.18 Å². The Balaban J connectivity index is 3.13. The summed E-state index contributed by atoms with van der Waals surface area (Å²) in [5.41, 5.74) is -1.84. The maximum Gasteiger partial charge on any atom is 0.417 e. The van der Waals surface area contributed by atoms with Crippen LogP contribution in [0.25, 0.3) is 0 Å². The van der Waals surface area contributed by atoms with E-state index in [-0.39, 0.29) is 10.0 Å². The molecule has 0 saturated carbocycles. The minimum atomic E-state index is -4.57. The second kappa shape index (κ2) is 7.13. The van der Waals surface area contributed by atoms with E-state index in [4.69, 9.17) is 0 Å². The van der Waals surface area contributed by atoms with Gasteiger partial charge in [0.05, 0.1) is 11.1 Å². The Hall–Kier alpha value is -0.560. The first-order valence-electron chi connectivity index (χ1n) is 6.38. The van der Waals surface area contributed by atoms with Gasteiger partial charge in [-0.1, -0.05) is 38.8 Å². The van der Waals surface area contributed by atoms with Crippen molar-refractivity contribution >= 4 is 37.8 Å². The molecule has 0 heterocycles. The number of amides is 1. The Morgan fingerprint density at radius 2 is 1.95 bits per heavy atom. The summed E-state index contributed by atoms with van der Waals surface area (Å²) < 4.78 is 39.4. The fourth-order valence-corrected chi connectivity index (χ4v) is 3.06. The summed E-state index contributed by atoms with van der Waals surface area (Å²) in [5, 5.41) is 3.36. The lowest BCUT2D eigenvalue weighted by Crippen LogP contribution is -2.46. The molecular weight excluding hydrogens is 415 g/mol. The van der Waals surface area contributed by atoms with Crippen molar-refractivity contribution < 1.29 is 18.0 Å². The monoisotopic (exact) mass is 429 g/mol. The van der Waals surface area contributed by atoms with Crippen LogP contribution in [0.1, 0.15) is 42.6 Å². The van der Waals surface area contributed by atoms with Crippen molar-refractivity contribution in [1.82, 2.24) is 5.32 Å². The molecule has 118 valence electrons. The third-order valence-corrected chi connectivity index (χ3v) is 4.26. The zero-order valence-electron chi connectivity index (χ0n) is 11.7. The summed E-state index contributed by atoms with van der Waals surface area (Å²) >= 11 is 6.29. The molecule has 1 aromatic carbocycles. The number of halogens is 5. The fraction of sp³-hybridized carbons (Fsp3) is 0.500. The molecule has 1 rings (SSSR count).